The highest BCUT2D eigenvalue weighted by atomic mass is 16.3. The van der Waals surface area contributed by atoms with E-state index < -0.39 is 0 Å². The summed E-state index contributed by atoms with van der Waals surface area (Å²) < 4.78 is 3.88. The van der Waals surface area contributed by atoms with Gasteiger partial charge in [0, 0.05) is 58.6 Å². The third-order valence-corrected chi connectivity index (χ3v) is 4.63. The first-order valence-electron chi connectivity index (χ1n) is 8.63. The summed E-state index contributed by atoms with van der Waals surface area (Å²) in [4.78, 5) is 4.72. The molecule has 0 amide bonds. The summed E-state index contributed by atoms with van der Waals surface area (Å²) in [5.74, 6) is 2.06. The Hall–Kier alpha value is -1.77. The first-order chi connectivity index (χ1) is 11.7. The fourth-order valence-electron chi connectivity index (χ4n) is 3.15. The summed E-state index contributed by atoms with van der Waals surface area (Å²) in [5, 5.41) is 22.9. The molecule has 8 heteroatoms. The van der Waals surface area contributed by atoms with Crippen LogP contribution < -0.4 is 0 Å². The molecule has 24 heavy (non-hydrogen) atoms. The number of aliphatic hydroxyl groups is 1. The fourth-order valence-corrected chi connectivity index (χ4v) is 3.15. The highest BCUT2D eigenvalue weighted by molar-refractivity contribution is 4.95. The van der Waals surface area contributed by atoms with Crippen LogP contribution in [0.4, 0.5) is 0 Å². The Morgan fingerprint density at radius 1 is 1.08 bits per heavy atom. The highest BCUT2D eigenvalue weighted by Crippen LogP contribution is 2.09. The van der Waals surface area contributed by atoms with Crippen molar-refractivity contribution >= 4 is 0 Å². The molecule has 1 saturated heterocycles. The smallest absolute Gasteiger partial charge is 0.146 e. The Labute approximate surface area is 142 Å². The zero-order chi connectivity index (χ0) is 16.9. The van der Waals surface area contributed by atoms with Crippen molar-refractivity contribution in [2.45, 2.75) is 32.5 Å². The Balaban J connectivity index is 1.43. The van der Waals surface area contributed by atoms with Gasteiger partial charge in [0.15, 0.2) is 0 Å². The number of β-amino-alcohol motifs (C(OH)–C–C–N with tert-alkyl or cyclic N) is 1. The molecule has 0 spiro atoms. The molecule has 1 aliphatic heterocycles. The SMILES string of the molecule is CCc1nnc(CN2CCN(CC(O)Cn3cccn3)CC2)n1C. The molecule has 0 saturated carbocycles. The zero-order valence-corrected chi connectivity index (χ0v) is 14.5. The van der Waals surface area contributed by atoms with Crippen molar-refractivity contribution in [3.8, 4) is 0 Å². The Bertz CT molecular complexity index is 616. The van der Waals surface area contributed by atoms with Crippen LogP contribution in [0.25, 0.3) is 0 Å². The summed E-state index contributed by atoms with van der Waals surface area (Å²) >= 11 is 0. The molecule has 3 heterocycles. The van der Waals surface area contributed by atoms with Crippen molar-refractivity contribution < 1.29 is 5.11 Å². The normalized spacial score (nSPS) is 18.1. The molecule has 2 aromatic heterocycles. The fraction of sp³-hybridized carbons (Fsp3) is 0.688. The second kappa shape index (κ2) is 7.87. The van der Waals surface area contributed by atoms with Crippen LogP contribution in [-0.4, -0.2) is 78.3 Å². The third-order valence-electron chi connectivity index (χ3n) is 4.63. The second-order valence-electron chi connectivity index (χ2n) is 6.40. The van der Waals surface area contributed by atoms with E-state index in [4.69, 9.17) is 0 Å². The Morgan fingerprint density at radius 2 is 1.79 bits per heavy atom. The van der Waals surface area contributed by atoms with Gasteiger partial charge in [-0.25, -0.2) is 0 Å². The van der Waals surface area contributed by atoms with Gasteiger partial charge in [-0.3, -0.25) is 14.5 Å². The standard InChI is InChI=1S/C16H27N7O/c1-3-15-18-19-16(20(15)2)13-22-9-7-21(8-10-22)11-14(24)12-23-6-4-5-17-23/h4-6,14,24H,3,7-13H2,1-2H3. The lowest BCUT2D eigenvalue weighted by Gasteiger charge is -2.35. The molecule has 0 aromatic carbocycles. The highest BCUT2D eigenvalue weighted by Gasteiger charge is 2.21. The number of aromatic nitrogens is 5. The second-order valence-corrected chi connectivity index (χ2v) is 6.40. The quantitative estimate of drug-likeness (QED) is 0.753. The minimum absolute atomic E-state index is 0.387. The van der Waals surface area contributed by atoms with Crippen LogP contribution in [0.3, 0.4) is 0 Å². The van der Waals surface area contributed by atoms with Crippen LogP contribution in [0.5, 0.6) is 0 Å². The van der Waals surface area contributed by atoms with Gasteiger partial charge in [-0.2, -0.15) is 5.10 Å². The van der Waals surface area contributed by atoms with E-state index in [0.717, 1.165) is 50.8 Å². The Morgan fingerprint density at radius 3 is 2.42 bits per heavy atom. The van der Waals surface area contributed by atoms with Crippen LogP contribution in [0.1, 0.15) is 18.6 Å². The van der Waals surface area contributed by atoms with Gasteiger partial charge in [0.2, 0.25) is 0 Å². The van der Waals surface area contributed by atoms with Crippen LogP contribution in [-0.2, 0) is 26.6 Å². The minimum atomic E-state index is -0.387. The maximum absolute atomic E-state index is 10.2. The maximum atomic E-state index is 10.2. The van der Waals surface area contributed by atoms with Gasteiger partial charge in [-0.05, 0) is 6.07 Å². The molecule has 1 fully saturated rings. The van der Waals surface area contributed by atoms with Crippen molar-refractivity contribution in [2.24, 2.45) is 7.05 Å². The molecular weight excluding hydrogens is 306 g/mol. The van der Waals surface area contributed by atoms with E-state index >= 15 is 0 Å². The van der Waals surface area contributed by atoms with Crippen molar-refractivity contribution in [1.82, 2.24) is 34.3 Å². The van der Waals surface area contributed by atoms with Gasteiger partial charge in [-0.15, -0.1) is 10.2 Å². The first kappa shape index (κ1) is 17.1. The van der Waals surface area contributed by atoms with E-state index in [1.807, 2.05) is 19.3 Å². The topological polar surface area (TPSA) is 75.2 Å². The van der Waals surface area contributed by atoms with E-state index in [-0.39, 0.29) is 6.10 Å². The molecule has 1 unspecified atom stereocenters. The molecule has 1 aliphatic rings. The predicted octanol–water partition coefficient (Wildman–Crippen LogP) is -0.247. The largest absolute Gasteiger partial charge is 0.390 e. The lowest BCUT2D eigenvalue weighted by molar-refractivity contribution is 0.0595. The van der Waals surface area contributed by atoms with Crippen LogP contribution in [0.15, 0.2) is 18.5 Å². The predicted molar refractivity (Wildman–Crippen MR) is 90.3 cm³/mol. The average Bonchev–Trinajstić information content (AvgIpc) is 3.20. The van der Waals surface area contributed by atoms with E-state index in [0.29, 0.717) is 13.1 Å². The lowest BCUT2D eigenvalue weighted by atomic mass is 10.2. The molecule has 2 aromatic rings. The molecule has 0 bridgehead atoms. The molecule has 0 aliphatic carbocycles. The van der Waals surface area contributed by atoms with Crippen molar-refractivity contribution in [3.05, 3.63) is 30.1 Å². The van der Waals surface area contributed by atoms with E-state index in [2.05, 4.69) is 36.6 Å². The summed E-state index contributed by atoms with van der Waals surface area (Å²) in [6.45, 7) is 8.09. The average molecular weight is 333 g/mol. The number of rotatable bonds is 7. The van der Waals surface area contributed by atoms with Gasteiger partial charge in [-0.1, -0.05) is 6.92 Å². The number of hydrogen-bond acceptors (Lipinski definition) is 6. The zero-order valence-electron chi connectivity index (χ0n) is 14.5. The number of hydrogen-bond donors (Lipinski definition) is 1. The number of aliphatic hydroxyl groups excluding tert-OH is 1. The summed E-state index contributed by atoms with van der Waals surface area (Å²) in [6.07, 6.45) is 4.14. The van der Waals surface area contributed by atoms with Crippen molar-refractivity contribution in [1.29, 1.82) is 0 Å². The number of piperazine rings is 1. The van der Waals surface area contributed by atoms with Gasteiger partial charge >= 0.3 is 0 Å². The molecule has 3 rings (SSSR count). The minimum Gasteiger partial charge on any atom is -0.390 e. The number of aryl methyl sites for hydroxylation is 1. The van der Waals surface area contributed by atoms with Crippen LogP contribution in [0, 0.1) is 0 Å². The molecule has 1 atom stereocenters. The van der Waals surface area contributed by atoms with Gasteiger partial charge < -0.3 is 9.67 Å². The molecule has 0 radical (unpaired) electrons. The molecule has 8 nitrogen and oxygen atoms in total. The molecule has 1 N–H and O–H groups in total. The van der Waals surface area contributed by atoms with Gasteiger partial charge in [0.1, 0.15) is 11.6 Å². The summed E-state index contributed by atoms with van der Waals surface area (Å²) in [7, 11) is 2.04. The summed E-state index contributed by atoms with van der Waals surface area (Å²) in [6, 6.07) is 1.88. The van der Waals surface area contributed by atoms with E-state index in [1.54, 1.807) is 10.9 Å². The van der Waals surface area contributed by atoms with Gasteiger partial charge in [0.25, 0.3) is 0 Å². The van der Waals surface area contributed by atoms with Crippen molar-refractivity contribution in [2.75, 3.05) is 32.7 Å². The van der Waals surface area contributed by atoms with Crippen LogP contribution >= 0.6 is 0 Å². The monoisotopic (exact) mass is 333 g/mol. The third kappa shape index (κ3) is 4.19. The van der Waals surface area contributed by atoms with Crippen LogP contribution in [0.2, 0.25) is 0 Å². The summed E-state index contributed by atoms with van der Waals surface area (Å²) in [5.41, 5.74) is 0. The van der Waals surface area contributed by atoms with Crippen molar-refractivity contribution in [3.63, 3.8) is 0 Å². The first-order valence-corrected chi connectivity index (χ1v) is 8.63. The molecular formula is C16H27N7O. The lowest BCUT2D eigenvalue weighted by Crippen LogP contribution is -2.48. The maximum Gasteiger partial charge on any atom is 0.146 e. The van der Waals surface area contributed by atoms with E-state index in [1.165, 1.54) is 0 Å². The Kier molecular flexibility index (Phi) is 5.60. The molecule has 132 valence electrons. The number of nitrogens with zero attached hydrogens (tertiary/aromatic N) is 7. The van der Waals surface area contributed by atoms with E-state index in [9.17, 15) is 5.11 Å². The van der Waals surface area contributed by atoms with Gasteiger partial charge in [0.05, 0.1) is 19.2 Å².